The molecule has 2 heteroatoms. The molecule has 0 aliphatic heterocycles. The van der Waals surface area contributed by atoms with Crippen LogP contribution >= 0.6 is 11.3 Å². The Morgan fingerprint density at radius 2 is 2.00 bits per heavy atom. The molecule has 100 valence electrons. The highest BCUT2D eigenvalue weighted by molar-refractivity contribution is 7.07. The Labute approximate surface area is 119 Å². The average Bonchev–Trinajstić information content (AvgIpc) is 3.14. The summed E-state index contributed by atoms with van der Waals surface area (Å²) in [5, 5.41) is 8.14. The third kappa shape index (κ3) is 3.92. The van der Waals surface area contributed by atoms with Gasteiger partial charge in [-0.2, -0.15) is 11.3 Å². The molecule has 1 aliphatic carbocycles. The van der Waals surface area contributed by atoms with Gasteiger partial charge in [0, 0.05) is 12.6 Å². The largest absolute Gasteiger partial charge is 0.313 e. The van der Waals surface area contributed by atoms with E-state index in [1.807, 2.05) is 0 Å². The van der Waals surface area contributed by atoms with Gasteiger partial charge in [-0.1, -0.05) is 30.3 Å². The topological polar surface area (TPSA) is 12.0 Å². The third-order valence-electron chi connectivity index (χ3n) is 3.86. The number of nitrogens with one attached hydrogen (secondary N) is 1. The molecule has 0 saturated heterocycles. The van der Waals surface area contributed by atoms with E-state index in [0.717, 1.165) is 12.6 Å². The fourth-order valence-electron chi connectivity index (χ4n) is 2.48. The minimum Gasteiger partial charge on any atom is -0.313 e. The number of hydrogen-bond acceptors (Lipinski definition) is 2. The average molecular weight is 271 g/mol. The fourth-order valence-corrected chi connectivity index (χ4v) is 3.19. The van der Waals surface area contributed by atoms with E-state index >= 15 is 0 Å². The maximum atomic E-state index is 3.69. The Hall–Kier alpha value is -1.12. The van der Waals surface area contributed by atoms with Crippen LogP contribution < -0.4 is 5.32 Å². The molecule has 2 aromatic rings. The van der Waals surface area contributed by atoms with Crippen LogP contribution in [0.15, 0.2) is 47.2 Å². The van der Waals surface area contributed by atoms with E-state index in [0.29, 0.717) is 5.92 Å². The standard InChI is InChI=1S/C17H21NS/c1-2-4-15(5-3-1)16(12-18-17-8-9-17)7-6-14-10-11-19-13-14/h1-5,10-11,13,16-18H,6-9,12H2. The van der Waals surface area contributed by atoms with Gasteiger partial charge in [-0.15, -0.1) is 0 Å². The van der Waals surface area contributed by atoms with Gasteiger partial charge in [0.2, 0.25) is 0 Å². The molecule has 0 bridgehead atoms. The van der Waals surface area contributed by atoms with E-state index in [1.54, 1.807) is 11.3 Å². The number of hydrogen-bond donors (Lipinski definition) is 1. The van der Waals surface area contributed by atoms with Crippen LogP contribution in [0.4, 0.5) is 0 Å². The summed E-state index contributed by atoms with van der Waals surface area (Å²) < 4.78 is 0. The molecule has 1 aromatic carbocycles. The Morgan fingerprint density at radius 3 is 2.68 bits per heavy atom. The van der Waals surface area contributed by atoms with Crippen molar-refractivity contribution in [3.8, 4) is 0 Å². The lowest BCUT2D eigenvalue weighted by molar-refractivity contribution is 0.548. The maximum Gasteiger partial charge on any atom is 0.00684 e. The molecular formula is C17H21NS. The van der Waals surface area contributed by atoms with Crippen molar-refractivity contribution in [3.05, 3.63) is 58.3 Å². The molecule has 1 nitrogen and oxygen atoms in total. The summed E-state index contributed by atoms with van der Waals surface area (Å²) in [5.41, 5.74) is 2.96. The molecule has 0 amide bonds. The summed E-state index contributed by atoms with van der Waals surface area (Å²) in [6.45, 7) is 1.12. The molecule has 1 saturated carbocycles. The van der Waals surface area contributed by atoms with Gasteiger partial charge >= 0.3 is 0 Å². The van der Waals surface area contributed by atoms with Gasteiger partial charge in [0.05, 0.1) is 0 Å². The molecule has 1 fully saturated rings. The van der Waals surface area contributed by atoms with Crippen LogP contribution in [-0.2, 0) is 6.42 Å². The third-order valence-corrected chi connectivity index (χ3v) is 4.59. The van der Waals surface area contributed by atoms with E-state index < -0.39 is 0 Å². The van der Waals surface area contributed by atoms with Crippen molar-refractivity contribution in [2.45, 2.75) is 37.6 Å². The molecule has 1 heterocycles. The molecule has 1 aromatic heterocycles. The van der Waals surface area contributed by atoms with Crippen molar-refractivity contribution in [1.29, 1.82) is 0 Å². The molecule has 0 radical (unpaired) electrons. The maximum absolute atomic E-state index is 3.69. The van der Waals surface area contributed by atoms with Crippen molar-refractivity contribution in [1.82, 2.24) is 5.32 Å². The molecule has 1 N–H and O–H groups in total. The summed E-state index contributed by atoms with van der Waals surface area (Å²) >= 11 is 1.80. The van der Waals surface area contributed by atoms with E-state index in [4.69, 9.17) is 0 Å². The summed E-state index contributed by atoms with van der Waals surface area (Å²) in [7, 11) is 0. The lowest BCUT2D eigenvalue weighted by Gasteiger charge is -2.18. The van der Waals surface area contributed by atoms with Crippen LogP contribution in [0.3, 0.4) is 0 Å². The fraction of sp³-hybridized carbons (Fsp3) is 0.412. The van der Waals surface area contributed by atoms with Gasteiger partial charge in [0.15, 0.2) is 0 Å². The SMILES string of the molecule is c1ccc(C(CCc2ccsc2)CNC2CC2)cc1. The van der Waals surface area contributed by atoms with Gasteiger partial charge in [-0.3, -0.25) is 0 Å². The van der Waals surface area contributed by atoms with Crippen LogP contribution in [0.2, 0.25) is 0 Å². The monoisotopic (exact) mass is 271 g/mol. The van der Waals surface area contributed by atoms with Crippen LogP contribution in [0.5, 0.6) is 0 Å². The summed E-state index contributed by atoms with van der Waals surface area (Å²) in [6.07, 6.45) is 5.16. The zero-order valence-corrected chi connectivity index (χ0v) is 12.0. The van der Waals surface area contributed by atoms with Gasteiger partial charge < -0.3 is 5.32 Å². The Balaban J connectivity index is 1.61. The van der Waals surface area contributed by atoms with Crippen LogP contribution in [-0.4, -0.2) is 12.6 Å². The van der Waals surface area contributed by atoms with Crippen molar-refractivity contribution in [2.24, 2.45) is 0 Å². The highest BCUT2D eigenvalue weighted by atomic mass is 32.1. The van der Waals surface area contributed by atoms with E-state index in [9.17, 15) is 0 Å². The summed E-state index contributed by atoms with van der Waals surface area (Å²) in [5.74, 6) is 0.640. The second-order valence-electron chi connectivity index (χ2n) is 5.46. The zero-order valence-electron chi connectivity index (χ0n) is 11.2. The van der Waals surface area contributed by atoms with Gasteiger partial charge in [-0.05, 0) is 59.6 Å². The highest BCUT2D eigenvalue weighted by Crippen LogP contribution is 2.25. The number of aryl methyl sites for hydroxylation is 1. The van der Waals surface area contributed by atoms with Crippen molar-refractivity contribution in [3.63, 3.8) is 0 Å². The second kappa shape index (κ2) is 6.36. The predicted molar refractivity (Wildman–Crippen MR) is 82.8 cm³/mol. The van der Waals surface area contributed by atoms with E-state index in [2.05, 4.69) is 52.5 Å². The lowest BCUT2D eigenvalue weighted by atomic mass is 9.93. The lowest BCUT2D eigenvalue weighted by Crippen LogP contribution is -2.23. The quantitative estimate of drug-likeness (QED) is 0.795. The molecule has 3 rings (SSSR count). The Morgan fingerprint density at radius 1 is 1.16 bits per heavy atom. The van der Waals surface area contributed by atoms with Crippen molar-refractivity contribution in [2.75, 3.05) is 6.54 Å². The summed E-state index contributed by atoms with van der Waals surface area (Å²) in [4.78, 5) is 0. The number of rotatable bonds is 7. The first-order chi connectivity index (χ1) is 9.42. The normalized spacial score (nSPS) is 16.4. The van der Waals surface area contributed by atoms with Gasteiger partial charge in [0.25, 0.3) is 0 Å². The predicted octanol–water partition coefficient (Wildman–Crippen LogP) is 4.22. The van der Waals surface area contributed by atoms with E-state index in [-0.39, 0.29) is 0 Å². The molecule has 1 atom stereocenters. The Bertz CT molecular complexity index is 473. The van der Waals surface area contributed by atoms with Gasteiger partial charge in [-0.25, -0.2) is 0 Å². The first kappa shape index (κ1) is 12.9. The highest BCUT2D eigenvalue weighted by Gasteiger charge is 2.22. The number of benzene rings is 1. The van der Waals surface area contributed by atoms with E-state index in [1.165, 1.54) is 36.8 Å². The smallest absolute Gasteiger partial charge is 0.00684 e. The first-order valence-electron chi connectivity index (χ1n) is 7.21. The van der Waals surface area contributed by atoms with Crippen LogP contribution in [0.25, 0.3) is 0 Å². The molecule has 19 heavy (non-hydrogen) atoms. The van der Waals surface area contributed by atoms with Crippen molar-refractivity contribution < 1.29 is 0 Å². The van der Waals surface area contributed by atoms with Crippen LogP contribution in [0.1, 0.15) is 36.3 Å². The van der Waals surface area contributed by atoms with Crippen molar-refractivity contribution >= 4 is 11.3 Å². The zero-order chi connectivity index (χ0) is 12.9. The minimum atomic E-state index is 0.640. The molecule has 0 spiro atoms. The molecule has 1 aliphatic rings. The molecular weight excluding hydrogens is 250 g/mol. The first-order valence-corrected chi connectivity index (χ1v) is 8.15. The summed E-state index contributed by atoms with van der Waals surface area (Å²) in [6, 6.07) is 14.0. The van der Waals surface area contributed by atoms with Gasteiger partial charge in [0.1, 0.15) is 0 Å². The Kier molecular flexibility index (Phi) is 4.31. The minimum absolute atomic E-state index is 0.640. The van der Waals surface area contributed by atoms with Crippen LogP contribution in [0, 0.1) is 0 Å². The molecule has 1 unspecified atom stereocenters. The second-order valence-corrected chi connectivity index (χ2v) is 6.24. The number of thiophene rings is 1.